The van der Waals surface area contributed by atoms with E-state index < -0.39 is 24.3 Å². The zero-order valence-electron chi connectivity index (χ0n) is 5.51. The van der Waals surface area contributed by atoms with E-state index in [1.807, 2.05) is 0 Å². The number of hydrogen-bond donors (Lipinski definition) is 0. The van der Waals surface area contributed by atoms with E-state index in [9.17, 15) is 22.0 Å². The number of rotatable bonds is 0. The molecule has 0 aliphatic carbocycles. The Balaban J connectivity index is 3.00. The molecule has 1 atom stereocenters. The number of alkyl halides is 5. The molecule has 11 heavy (non-hydrogen) atoms. The average Bonchev–Trinajstić information content (AvgIpc) is 1.93. The van der Waals surface area contributed by atoms with Crippen LogP contribution in [0.1, 0.15) is 6.92 Å². The lowest BCUT2D eigenvalue weighted by Gasteiger charge is -2.22. The van der Waals surface area contributed by atoms with Gasteiger partial charge in [0.25, 0.3) is 0 Å². The van der Waals surface area contributed by atoms with E-state index in [0.717, 1.165) is 0 Å². The Morgan fingerprint density at radius 2 is 1.55 bits per heavy atom. The lowest BCUT2D eigenvalue weighted by molar-refractivity contribution is -0.313. The maximum Gasteiger partial charge on any atom is 0.422 e. The summed E-state index contributed by atoms with van der Waals surface area (Å²) in [5.74, 6) is -4.74. The van der Waals surface area contributed by atoms with Crippen molar-refractivity contribution in [3.8, 4) is 0 Å². The Bertz CT molecular complexity index is 158. The van der Waals surface area contributed by atoms with Gasteiger partial charge in [-0.15, -0.1) is 0 Å². The molecular weight excluding hydrogens is 171 g/mol. The molecule has 1 aliphatic rings. The van der Waals surface area contributed by atoms with Crippen molar-refractivity contribution in [2.75, 3.05) is 6.61 Å². The minimum absolute atomic E-state index is 0.383. The molecule has 1 unspecified atom stereocenters. The van der Waals surface area contributed by atoms with Gasteiger partial charge in [-0.1, -0.05) is 0 Å². The van der Waals surface area contributed by atoms with E-state index >= 15 is 0 Å². The van der Waals surface area contributed by atoms with Gasteiger partial charge in [0.05, 0.1) is 6.61 Å². The van der Waals surface area contributed by atoms with Gasteiger partial charge in [0, 0.05) is 0 Å². The van der Waals surface area contributed by atoms with Crippen molar-refractivity contribution in [1.82, 2.24) is 0 Å². The van der Waals surface area contributed by atoms with Gasteiger partial charge in [0.2, 0.25) is 5.67 Å². The Hall–Kier alpha value is -0.390. The molecule has 1 nitrogen and oxygen atoms in total. The Labute approximate surface area is 59.1 Å². The molecule has 0 spiro atoms. The van der Waals surface area contributed by atoms with Crippen LogP contribution in [-0.4, -0.2) is 24.3 Å². The van der Waals surface area contributed by atoms with Crippen LogP contribution in [0.4, 0.5) is 22.0 Å². The molecule has 1 rings (SSSR count). The smallest absolute Gasteiger partial charge is 0.312 e. The zero-order chi connectivity index (χ0) is 8.91. The topological polar surface area (TPSA) is 9.23 Å². The second kappa shape index (κ2) is 1.85. The van der Waals surface area contributed by atoms with E-state index in [-0.39, 0.29) is 0 Å². The first kappa shape index (κ1) is 8.70. The molecule has 0 aromatic heterocycles. The van der Waals surface area contributed by atoms with Crippen LogP contribution in [0.5, 0.6) is 0 Å². The van der Waals surface area contributed by atoms with Crippen molar-refractivity contribution in [1.29, 1.82) is 0 Å². The largest absolute Gasteiger partial charge is 0.422 e. The monoisotopic (exact) mass is 176 g/mol. The molecule has 0 aromatic rings. The second-order valence-electron chi connectivity index (χ2n) is 2.58. The summed E-state index contributed by atoms with van der Waals surface area (Å²) in [5, 5.41) is 0. The fourth-order valence-corrected chi connectivity index (χ4v) is 0.711. The van der Waals surface area contributed by atoms with Crippen LogP contribution >= 0.6 is 0 Å². The first-order valence-corrected chi connectivity index (χ1v) is 2.79. The highest BCUT2D eigenvalue weighted by molar-refractivity contribution is 5.01. The van der Waals surface area contributed by atoms with Crippen molar-refractivity contribution in [3.63, 3.8) is 0 Å². The summed E-state index contributed by atoms with van der Waals surface area (Å²) in [6, 6.07) is 0. The average molecular weight is 176 g/mol. The predicted molar refractivity (Wildman–Crippen MR) is 25.4 cm³/mol. The minimum Gasteiger partial charge on any atom is -0.312 e. The van der Waals surface area contributed by atoms with E-state index in [1.165, 1.54) is 0 Å². The van der Waals surface area contributed by atoms with Gasteiger partial charge in [-0.3, -0.25) is 0 Å². The fraction of sp³-hybridized carbons (Fsp3) is 1.00. The highest BCUT2D eigenvalue weighted by Crippen LogP contribution is 2.50. The summed E-state index contributed by atoms with van der Waals surface area (Å²) >= 11 is 0. The summed E-state index contributed by atoms with van der Waals surface area (Å²) < 4.78 is 64.4. The SMILES string of the molecule is CC1(F)COC(F)(F)C1(F)F. The summed E-state index contributed by atoms with van der Waals surface area (Å²) in [5.41, 5.74) is -3.28. The highest BCUT2D eigenvalue weighted by Gasteiger charge is 2.74. The molecular formula is C5H5F5O. The highest BCUT2D eigenvalue weighted by atomic mass is 19.3. The summed E-state index contributed by atoms with van der Waals surface area (Å²) in [4.78, 5) is 0. The van der Waals surface area contributed by atoms with E-state index in [2.05, 4.69) is 4.74 Å². The third-order valence-corrected chi connectivity index (χ3v) is 1.54. The molecule has 0 saturated carbocycles. The zero-order valence-corrected chi connectivity index (χ0v) is 5.51. The van der Waals surface area contributed by atoms with Crippen LogP contribution in [0.25, 0.3) is 0 Å². The molecule has 1 heterocycles. The summed E-state index contributed by atoms with van der Waals surface area (Å²) in [6.07, 6.45) is -4.68. The molecule has 1 aliphatic heterocycles. The van der Waals surface area contributed by atoms with E-state index in [0.29, 0.717) is 6.92 Å². The third-order valence-electron chi connectivity index (χ3n) is 1.54. The van der Waals surface area contributed by atoms with Crippen LogP contribution in [0.15, 0.2) is 0 Å². The van der Waals surface area contributed by atoms with Gasteiger partial charge in [-0.2, -0.15) is 17.6 Å². The first-order valence-electron chi connectivity index (χ1n) is 2.79. The molecule has 0 aromatic carbocycles. The predicted octanol–water partition coefficient (Wildman–Crippen LogP) is 1.97. The summed E-state index contributed by atoms with van der Waals surface area (Å²) in [6.45, 7) is -0.902. The molecule has 0 radical (unpaired) electrons. The van der Waals surface area contributed by atoms with Crippen molar-refractivity contribution >= 4 is 0 Å². The lowest BCUT2D eigenvalue weighted by Crippen LogP contribution is -2.48. The Kier molecular flexibility index (Phi) is 1.47. The van der Waals surface area contributed by atoms with Crippen molar-refractivity contribution in [2.24, 2.45) is 0 Å². The quantitative estimate of drug-likeness (QED) is 0.512. The van der Waals surface area contributed by atoms with Crippen LogP contribution in [0, 0.1) is 0 Å². The van der Waals surface area contributed by atoms with Crippen molar-refractivity contribution in [2.45, 2.75) is 24.6 Å². The maximum atomic E-state index is 12.5. The van der Waals surface area contributed by atoms with Gasteiger partial charge in [0.15, 0.2) is 0 Å². The Morgan fingerprint density at radius 3 is 1.64 bits per heavy atom. The lowest BCUT2D eigenvalue weighted by atomic mass is 10.0. The standard InChI is InChI=1S/C5H5F5O/c1-3(6)2-11-5(9,10)4(3,7)8/h2H2,1H3. The van der Waals surface area contributed by atoms with Gasteiger partial charge in [-0.05, 0) is 6.92 Å². The number of halogens is 5. The van der Waals surface area contributed by atoms with Crippen LogP contribution in [0.3, 0.4) is 0 Å². The summed E-state index contributed by atoms with van der Waals surface area (Å²) in [7, 11) is 0. The number of hydrogen-bond acceptors (Lipinski definition) is 1. The van der Waals surface area contributed by atoms with Crippen LogP contribution in [0.2, 0.25) is 0 Å². The van der Waals surface area contributed by atoms with Gasteiger partial charge in [-0.25, -0.2) is 4.39 Å². The third kappa shape index (κ3) is 0.919. The molecule has 1 fully saturated rings. The molecule has 6 heteroatoms. The van der Waals surface area contributed by atoms with E-state index in [1.54, 1.807) is 0 Å². The van der Waals surface area contributed by atoms with Gasteiger partial charge >= 0.3 is 12.0 Å². The molecule has 0 bridgehead atoms. The minimum atomic E-state index is -4.74. The normalized spacial score (nSPS) is 40.9. The van der Waals surface area contributed by atoms with Crippen LogP contribution < -0.4 is 0 Å². The number of ether oxygens (including phenoxy) is 1. The molecule has 66 valence electrons. The van der Waals surface area contributed by atoms with Crippen LogP contribution in [-0.2, 0) is 4.74 Å². The second-order valence-corrected chi connectivity index (χ2v) is 2.58. The molecule has 0 amide bonds. The van der Waals surface area contributed by atoms with Crippen molar-refractivity contribution < 1.29 is 26.7 Å². The van der Waals surface area contributed by atoms with Gasteiger partial charge < -0.3 is 4.74 Å². The van der Waals surface area contributed by atoms with E-state index in [4.69, 9.17) is 0 Å². The maximum absolute atomic E-state index is 12.5. The Morgan fingerprint density at radius 1 is 1.09 bits per heavy atom. The fourth-order valence-electron chi connectivity index (χ4n) is 0.711. The van der Waals surface area contributed by atoms with Gasteiger partial charge in [0.1, 0.15) is 0 Å². The first-order chi connectivity index (χ1) is 4.71. The molecule has 1 saturated heterocycles. The molecule has 0 N–H and O–H groups in total. The van der Waals surface area contributed by atoms with Crippen molar-refractivity contribution in [3.05, 3.63) is 0 Å².